The summed E-state index contributed by atoms with van der Waals surface area (Å²) < 4.78 is 0.110. The summed E-state index contributed by atoms with van der Waals surface area (Å²) in [5.41, 5.74) is 0. The van der Waals surface area contributed by atoms with E-state index in [4.69, 9.17) is 34.8 Å². The van der Waals surface area contributed by atoms with Crippen LogP contribution < -0.4 is 4.46 Å². The molecule has 0 radical (unpaired) electrons. The van der Waals surface area contributed by atoms with Crippen molar-refractivity contribution in [2.75, 3.05) is 0 Å². The minimum absolute atomic E-state index is 0.123. The summed E-state index contributed by atoms with van der Waals surface area (Å²) in [6.45, 7) is 2.17. The molecular weight excluding hydrogens is 341 g/mol. The van der Waals surface area contributed by atoms with Gasteiger partial charge in [0.2, 0.25) is 0 Å². The van der Waals surface area contributed by atoms with Crippen LogP contribution in [0.25, 0.3) is 0 Å². The van der Waals surface area contributed by atoms with Crippen LogP contribution in [0.15, 0.2) is 30.3 Å². The van der Waals surface area contributed by atoms with E-state index in [-0.39, 0.29) is 20.9 Å². The molecule has 17 heavy (non-hydrogen) atoms. The Kier molecular flexibility index (Phi) is 4.38. The average molecular weight is 357 g/mol. The number of halogens is 3. The number of hydrogen-bond donors (Lipinski definition) is 0. The molecule has 1 aromatic carbocycles. The molecule has 1 aliphatic carbocycles. The summed E-state index contributed by atoms with van der Waals surface area (Å²) in [6.07, 6.45) is 3.33. The van der Waals surface area contributed by atoms with E-state index in [1.165, 1.54) is 4.46 Å². The predicted octanol–water partition coefficient (Wildman–Crippen LogP) is 3.95. The van der Waals surface area contributed by atoms with E-state index >= 15 is 0 Å². The van der Waals surface area contributed by atoms with Gasteiger partial charge in [0.1, 0.15) is 0 Å². The van der Waals surface area contributed by atoms with Crippen molar-refractivity contribution in [1.82, 2.24) is 0 Å². The van der Waals surface area contributed by atoms with E-state index in [1.54, 1.807) is 0 Å². The van der Waals surface area contributed by atoms with Crippen molar-refractivity contribution in [2.24, 2.45) is 5.92 Å². The molecule has 1 saturated carbocycles. The summed E-state index contributed by atoms with van der Waals surface area (Å²) in [5, 5.41) is 0. The Balaban J connectivity index is 2.05. The molecule has 0 heterocycles. The summed E-state index contributed by atoms with van der Waals surface area (Å²) in [4.78, 5) is 0. The van der Waals surface area contributed by atoms with Crippen molar-refractivity contribution in [1.29, 1.82) is 0 Å². The second-order valence-corrected chi connectivity index (χ2v) is 9.64. The zero-order chi connectivity index (χ0) is 12.5. The fourth-order valence-corrected chi connectivity index (χ4v) is 7.02. The standard InChI is InChI=1S/C13H15Cl3Se/c1-2-3-9-11-12(14,15)13(11,16)17-10-7-5-4-6-8-10/h4-8,11H,2-3,9H2,1H3. The molecule has 1 fully saturated rings. The van der Waals surface area contributed by atoms with Crippen LogP contribution in [0.1, 0.15) is 26.2 Å². The third-order valence-corrected chi connectivity index (χ3v) is 8.86. The van der Waals surface area contributed by atoms with Crippen LogP contribution in [0.4, 0.5) is 0 Å². The molecule has 2 unspecified atom stereocenters. The average Bonchev–Trinajstić information content (AvgIpc) is 2.70. The zero-order valence-electron chi connectivity index (χ0n) is 9.63. The third-order valence-electron chi connectivity index (χ3n) is 3.11. The summed E-state index contributed by atoms with van der Waals surface area (Å²) >= 11 is 19.5. The van der Waals surface area contributed by atoms with Crippen molar-refractivity contribution in [3.63, 3.8) is 0 Å². The van der Waals surface area contributed by atoms with Crippen molar-refractivity contribution >= 4 is 54.2 Å². The number of benzene rings is 1. The van der Waals surface area contributed by atoms with Crippen LogP contribution in [0, 0.1) is 5.92 Å². The molecule has 94 valence electrons. The molecule has 0 bridgehead atoms. The molecular formula is C13H15Cl3Se. The molecule has 0 saturated heterocycles. The second kappa shape index (κ2) is 5.31. The molecule has 0 N–H and O–H groups in total. The van der Waals surface area contributed by atoms with Crippen LogP contribution in [-0.2, 0) is 0 Å². The molecule has 0 nitrogen and oxygen atoms in total. The third kappa shape index (κ3) is 2.65. The number of hydrogen-bond acceptors (Lipinski definition) is 0. The molecule has 1 aliphatic rings. The first-order chi connectivity index (χ1) is 8.02. The Morgan fingerprint density at radius 3 is 2.41 bits per heavy atom. The van der Waals surface area contributed by atoms with Gasteiger partial charge in [-0.25, -0.2) is 0 Å². The van der Waals surface area contributed by atoms with E-state index in [0.29, 0.717) is 0 Å². The first-order valence-corrected chi connectivity index (χ1v) is 8.68. The van der Waals surface area contributed by atoms with Gasteiger partial charge in [-0.05, 0) is 0 Å². The van der Waals surface area contributed by atoms with Gasteiger partial charge in [0, 0.05) is 0 Å². The molecule has 1 aromatic rings. The topological polar surface area (TPSA) is 0 Å². The molecule has 0 aliphatic heterocycles. The quantitative estimate of drug-likeness (QED) is 0.554. The van der Waals surface area contributed by atoms with Gasteiger partial charge in [-0.2, -0.15) is 0 Å². The van der Waals surface area contributed by atoms with Crippen LogP contribution in [-0.4, -0.2) is 23.1 Å². The van der Waals surface area contributed by atoms with Gasteiger partial charge in [0.25, 0.3) is 0 Å². The molecule has 0 spiro atoms. The van der Waals surface area contributed by atoms with Crippen LogP contribution in [0.5, 0.6) is 0 Å². The van der Waals surface area contributed by atoms with E-state index < -0.39 is 8.11 Å². The Morgan fingerprint density at radius 1 is 1.18 bits per heavy atom. The Hall–Kier alpha value is 0.609. The molecule has 0 amide bonds. The van der Waals surface area contributed by atoms with Crippen LogP contribution >= 0.6 is 34.8 Å². The molecule has 2 atom stereocenters. The normalized spacial score (nSPS) is 30.2. The Labute approximate surface area is 124 Å². The van der Waals surface area contributed by atoms with Gasteiger partial charge < -0.3 is 0 Å². The summed E-state index contributed by atoms with van der Waals surface area (Å²) in [5.74, 6) is 0.236. The van der Waals surface area contributed by atoms with Gasteiger partial charge in [-0.15, -0.1) is 0 Å². The fraction of sp³-hybridized carbons (Fsp3) is 0.538. The molecule has 0 aromatic heterocycles. The first kappa shape index (κ1) is 14.0. The predicted molar refractivity (Wildman–Crippen MR) is 77.9 cm³/mol. The van der Waals surface area contributed by atoms with Crippen LogP contribution in [0.3, 0.4) is 0 Å². The van der Waals surface area contributed by atoms with Crippen molar-refractivity contribution in [2.45, 2.75) is 34.3 Å². The Bertz CT molecular complexity index is 380. The van der Waals surface area contributed by atoms with Gasteiger partial charge >= 0.3 is 125 Å². The van der Waals surface area contributed by atoms with Gasteiger partial charge in [-0.1, -0.05) is 0 Å². The summed E-state index contributed by atoms with van der Waals surface area (Å²) in [7, 11) is 0. The number of alkyl halides is 3. The summed E-state index contributed by atoms with van der Waals surface area (Å²) in [6, 6.07) is 10.3. The molecule has 2 rings (SSSR count). The zero-order valence-corrected chi connectivity index (χ0v) is 13.6. The van der Waals surface area contributed by atoms with E-state index in [2.05, 4.69) is 19.1 Å². The van der Waals surface area contributed by atoms with Gasteiger partial charge in [-0.3, -0.25) is 0 Å². The Morgan fingerprint density at radius 2 is 1.82 bits per heavy atom. The minimum atomic E-state index is -0.737. The van der Waals surface area contributed by atoms with Crippen molar-refractivity contribution < 1.29 is 0 Å². The van der Waals surface area contributed by atoms with E-state index in [9.17, 15) is 0 Å². The second-order valence-electron chi connectivity index (χ2n) is 4.38. The van der Waals surface area contributed by atoms with Gasteiger partial charge in [0.15, 0.2) is 0 Å². The fourth-order valence-electron chi connectivity index (χ4n) is 1.99. The number of rotatable bonds is 5. The molecule has 4 heteroatoms. The van der Waals surface area contributed by atoms with E-state index in [0.717, 1.165) is 19.3 Å². The first-order valence-electron chi connectivity index (χ1n) is 5.83. The maximum atomic E-state index is 6.64. The van der Waals surface area contributed by atoms with Gasteiger partial charge in [0.05, 0.1) is 0 Å². The van der Waals surface area contributed by atoms with Crippen molar-refractivity contribution in [3.8, 4) is 0 Å². The van der Waals surface area contributed by atoms with Crippen molar-refractivity contribution in [3.05, 3.63) is 30.3 Å². The van der Waals surface area contributed by atoms with Crippen LogP contribution in [0.2, 0.25) is 0 Å². The number of unbranched alkanes of at least 4 members (excludes halogenated alkanes) is 1. The maximum absolute atomic E-state index is 6.64. The van der Waals surface area contributed by atoms with E-state index in [1.807, 2.05) is 18.2 Å². The monoisotopic (exact) mass is 356 g/mol. The SMILES string of the molecule is CCCCC1C(Cl)(Cl)C1(Cl)[Se]c1ccccc1.